The zero-order valence-electron chi connectivity index (χ0n) is 15.5. The van der Waals surface area contributed by atoms with E-state index in [1.165, 1.54) is 5.56 Å². The van der Waals surface area contributed by atoms with Gasteiger partial charge in [0.25, 0.3) is 5.56 Å². The van der Waals surface area contributed by atoms with Crippen molar-refractivity contribution in [1.29, 1.82) is 0 Å². The van der Waals surface area contributed by atoms with Crippen LogP contribution in [-0.2, 0) is 11.3 Å². The highest BCUT2D eigenvalue weighted by molar-refractivity contribution is 6.34. The fourth-order valence-electron chi connectivity index (χ4n) is 3.48. The number of halogens is 1. The summed E-state index contributed by atoms with van der Waals surface area (Å²) in [5.74, 6) is 0. The largest absolute Gasteiger partial charge is 0.365 e. The second-order valence-electron chi connectivity index (χ2n) is 6.74. The lowest BCUT2D eigenvalue weighted by molar-refractivity contribution is 0.0522. The van der Waals surface area contributed by atoms with Crippen molar-refractivity contribution in [2.45, 2.75) is 18.9 Å². The van der Waals surface area contributed by atoms with Gasteiger partial charge < -0.3 is 9.64 Å². The van der Waals surface area contributed by atoms with Crippen molar-refractivity contribution >= 4 is 28.1 Å². The third-order valence-corrected chi connectivity index (χ3v) is 5.28. The molecule has 1 saturated heterocycles. The molecule has 1 aromatic heterocycles. The number of nitrogens with zero attached hydrogens (tertiary/aromatic N) is 2. The molecule has 3 aromatic rings. The van der Waals surface area contributed by atoms with Gasteiger partial charge in [0, 0.05) is 37.8 Å². The molecule has 0 radical (unpaired) electrons. The predicted octanol–water partition coefficient (Wildman–Crippen LogP) is 2.07. The first-order valence-electron chi connectivity index (χ1n) is 9.14. The zero-order chi connectivity index (χ0) is 19.5. The quantitative estimate of drug-likeness (QED) is 0.609. The summed E-state index contributed by atoms with van der Waals surface area (Å²) in [7, 11) is 1.69. The van der Waals surface area contributed by atoms with Gasteiger partial charge in [0.05, 0.1) is 11.6 Å². The Labute approximate surface area is 167 Å². The van der Waals surface area contributed by atoms with Crippen LogP contribution in [0.15, 0.2) is 53.3 Å². The van der Waals surface area contributed by atoms with Gasteiger partial charge >= 0.3 is 0 Å². The van der Waals surface area contributed by atoms with Gasteiger partial charge in [0.2, 0.25) is 0 Å². The smallest absolute Gasteiger partial charge is 0.272 e. The number of nitrogens with one attached hydrogen (secondary N) is 3. The molecule has 0 amide bonds. The number of hydrogen-bond donors (Lipinski definition) is 3. The number of H-pyrrole nitrogens is 1. The molecule has 1 fully saturated rings. The summed E-state index contributed by atoms with van der Waals surface area (Å²) in [5, 5.41) is 14.7. The summed E-state index contributed by atoms with van der Waals surface area (Å²) in [6, 6.07) is 15.9. The highest BCUT2D eigenvalue weighted by Gasteiger charge is 2.25. The fraction of sp³-hybridized carbons (Fsp3) is 0.300. The number of fused-ring (bicyclic) bond motifs is 1. The predicted molar refractivity (Wildman–Crippen MR) is 111 cm³/mol. The maximum Gasteiger partial charge on any atom is 0.272 e. The Kier molecular flexibility index (Phi) is 5.59. The Morgan fingerprint density at radius 3 is 2.68 bits per heavy atom. The van der Waals surface area contributed by atoms with Crippen molar-refractivity contribution in [3.8, 4) is 0 Å². The number of piperazine rings is 1. The van der Waals surface area contributed by atoms with Crippen molar-refractivity contribution < 1.29 is 4.74 Å². The van der Waals surface area contributed by atoms with Gasteiger partial charge in [-0.05, 0) is 23.8 Å². The van der Waals surface area contributed by atoms with Gasteiger partial charge in [-0.2, -0.15) is 5.10 Å². The second kappa shape index (κ2) is 8.28. The fourth-order valence-corrected chi connectivity index (χ4v) is 3.68. The molecule has 0 saturated carbocycles. The molecule has 4 rings (SSSR count). The van der Waals surface area contributed by atoms with Crippen LogP contribution < -0.4 is 21.1 Å². The number of benzene rings is 2. The van der Waals surface area contributed by atoms with Gasteiger partial charge in [-0.15, -0.1) is 0 Å². The maximum atomic E-state index is 12.0. The Balaban J connectivity index is 1.71. The molecule has 1 aliphatic rings. The summed E-state index contributed by atoms with van der Waals surface area (Å²) in [4.78, 5) is 14.3. The minimum atomic E-state index is -0.249. The lowest BCUT2D eigenvalue weighted by Gasteiger charge is -2.39. The monoisotopic (exact) mass is 399 g/mol. The first-order valence-corrected chi connectivity index (χ1v) is 9.51. The van der Waals surface area contributed by atoms with Crippen LogP contribution in [0.4, 0.5) is 5.69 Å². The molecule has 28 heavy (non-hydrogen) atoms. The van der Waals surface area contributed by atoms with E-state index in [9.17, 15) is 4.79 Å². The highest BCUT2D eigenvalue weighted by atomic mass is 35.5. The molecule has 0 spiro atoms. The molecule has 3 N–H and O–H groups in total. The second-order valence-corrected chi connectivity index (χ2v) is 7.10. The van der Waals surface area contributed by atoms with Crippen LogP contribution in [0.5, 0.6) is 0 Å². The molecule has 2 unspecified atom stereocenters. The van der Waals surface area contributed by atoms with E-state index in [1.54, 1.807) is 13.2 Å². The molecule has 0 bridgehead atoms. The number of aromatic nitrogens is 2. The highest BCUT2D eigenvalue weighted by Crippen LogP contribution is 2.27. The van der Waals surface area contributed by atoms with E-state index < -0.39 is 0 Å². The maximum absolute atomic E-state index is 12.0. The SMILES string of the molecule is COC1CNC(N(Cc2ccccc2)c2ccc3c(=O)[nH]nc(Cl)c3c2)CN1. The van der Waals surface area contributed by atoms with Crippen LogP contribution in [0.2, 0.25) is 5.15 Å². The van der Waals surface area contributed by atoms with E-state index in [0.29, 0.717) is 30.4 Å². The lowest BCUT2D eigenvalue weighted by Crippen LogP contribution is -2.61. The number of hydrogen-bond acceptors (Lipinski definition) is 6. The summed E-state index contributed by atoms with van der Waals surface area (Å²) in [5.41, 5.74) is 1.90. The summed E-state index contributed by atoms with van der Waals surface area (Å²) < 4.78 is 5.37. The van der Waals surface area contributed by atoms with Crippen molar-refractivity contribution in [2.75, 3.05) is 25.1 Å². The number of methoxy groups -OCH3 is 1. The summed E-state index contributed by atoms with van der Waals surface area (Å²) in [6.45, 7) is 2.12. The van der Waals surface area contributed by atoms with Gasteiger partial charge in [0.1, 0.15) is 6.23 Å². The molecular weight excluding hydrogens is 378 g/mol. The first-order chi connectivity index (χ1) is 13.7. The molecule has 8 heteroatoms. The molecule has 0 aliphatic carbocycles. The van der Waals surface area contributed by atoms with Gasteiger partial charge in [-0.1, -0.05) is 41.9 Å². The Morgan fingerprint density at radius 1 is 1.14 bits per heavy atom. The molecule has 146 valence electrons. The Hall–Kier alpha value is -2.45. The molecule has 2 heterocycles. The normalized spacial score (nSPS) is 19.6. The summed E-state index contributed by atoms with van der Waals surface area (Å²) in [6.07, 6.45) is 0.0430. The van der Waals surface area contributed by atoms with Crippen molar-refractivity contribution in [1.82, 2.24) is 20.8 Å². The summed E-state index contributed by atoms with van der Waals surface area (Å²) >= 11 is 6.25. The molecule has 7 nitrogen and oxygen atoms in total. The van der Waals surface area contributed by atoms with Gasteiger partial charge in [-0.25, -0.2) is 5.10 Å². The van der Waals surface area contributed by atoms with Gasteiger partial charge in [-0.3, -0.25) is 15.4 Å². The average molecular weight is 400 g/mol. The zero-order valence-corrected chi connectivity index (χ0v) is 16.2. The van der Waals surface area contributed by atoms with Crippen LogP contribution in [0, 0.1) is 0 Å². The van der Waals surface area contributed by atoms with Crippen molar-refractivity contribution in [3.05, 3.63) is 69.6 Å². The minimum absolute atomic E-state index is 0.0105. The standard InChI is InChI=1S/C20H22ClN5O2/c1-28-18-11-22-17(10-23-18)26(12-13-5-3-2-4-6-13)14-7-8-15-16(9-14)19(21)24-25-20(15)27/h2-9,17-18,22-23H,10-12H2,1H3,(H,25,27). The van der Waals surface area contributed by atoms with E-state index in [2.05, 4.69) is 37.9 Å². The van der Waals surface area contributed by atoms with Crippen LogP contribution in [0.1, 0.15) is 5.56 Å². The van der Waals surface area contributed by atoms with E-state index >= 15 is 0 Å². The van der Waals surface area contributed by atoms with Crippen LogP contribution in [0.25, 0.3) is 10.8 Å². The number of rotatable bonds is 5. The lowest BCUT2D eigenvalue weighted by atomic mass is 10.1. The number of ether oxygens (including phenoxy) is 1. The molecule has 1 aliphatic heterocycles. The van der Waals surface area contributed by atoms with E-state index in [4.69, 9.17) is 16.3 Å². The Morgan fingerprint density at radius 2 is 1.96 bits per heavy atom. The third kappa shape index (κ3) is 3.88. The minimum Gasteiger partial charge on any atom is -0.365 e. The van der Waals surface area contributed by atoms with Crippen LogP contribution >= 0.6 is 11.6 Å². The average Bonchev–Trinajstić information content (AvgIpc) is 2.75. The molecule has 2 aromatic carbocycles. The number of aromatic amines is 1. The van der Waals surface area contributed by atoms with Gasteiger partial charge in [0.15, 0.2) is 5.15 Å². The van der Waals surface area contributed by atoms with E-state index in [-0.39, 0.29) is 23.1 Å². The van der Waals surface area contributed by atoms with Crippen LogP contribution in [0.3, 0.4) is 0 Å². The Bertz CT molecular complexity index is 1000. The topological polar surface area (TPSA) is 82.3 Å². The van der Waals surface area contributed by atoms with Crippen molar-refractivity contribution in [3.63, 3.8) is 0 Å². The molecular formula is C20H22ClN5O2. The van der Waals surface area contributed by atoms with Crippen molar-refractivity contribution in [2.24, 2.45) is 0 Å². The van der Waals surface area contributed by atoms with E-state index in [0.717, 1.165) is 5.69 Å². The van der Waals surface area contributed by atoms with Crippen LogP contribution in [-0.4, -0.2) is 42.8 Å². The van der Waals surface area contributed by atoms with E-state index in [1.807, 2.05) is 30.3 Å². The third-order valence-electron chi connectivity index (χ3n) is 4.99. The number of anilines is 1. The first kappa shape index (κ1) is 18.9. The molecule has 2 atom stereocenters.